The molecule has 5 heteroatoms. The van der Waals surface area contributed by atoms with Crippen molar-refractivity contribution >= 4 is 22.4 Å². The lowest BCUT2D eigenvalue weighted by atomic mass is 10.2. The number of nitriles is 1. The minimum absolute atomic E-state index is 0.111. The molecular weight excluding hydrogens is 284 g/mol. The van der Waals surface area contributed by atoms with Gasteiger partial charge in [-0.2, -0.15) is 5.26 Å². The molecule has 0 fully saturated rings. The van der Waals surface area contributed by atoms with Crippen LogP contribution in [0.5, 0.6) is 0 Å². The zero-order valence-electron chi connectivity index (χ0n) is 11.5. The van der Waals surface area contributed by atoms with Crippen LogP contribution in [-0.4, -0.2) is 15.9 Å². The predicted molar refractivity (Wildman–Crippen MR) is 82.2 cm³/mol. The second-order valence-electron chi connectivity index (χ2n) is 4.55. The van der Waals surface area contributed by atoms with Crippen molar-refractivity contribution in [3.05, 3.63) is 59.7 Å². The number of hydrogen-bond donors (Lipinski definition) is 1. The van der Waals surface area contributed by atoms with E-state index in [9.17, 15) is 9.00 Å². The molecule has 21 heavy (non-hydrogen) atoms. The van der Waals surface area contributed by atoms with E-state index in [-0.39, 0.29) is 11.7 Å². The first-order valence-electron chi connectivity index (χ1n) is 6.33. The fourth-order valence-electron chi connectivity index (χ4n) is 1.82. The molecule has 106 valence electrons. The van der Waals surface area contributed by atoms with Crippen LogP contribution in [0.3, 0.4) is 0 Å². The molecule has 4 nitrogen and oxygen atoms in total. The number of anilines is 1. The molecule has 0 saturated carbocycles. The number of carbonyl (C=O) groups is 1. The number of nitrogens with zero attached hydrogens (tertiary/aromatic N) is 1. The number of carbonyl (C=O) groups excluding carboxylic acids is 1. The predicted octanol–water partition coefficient (Wildman–Crippen LogP) is 2.61. The summed E-state index contributed by atoms with van der Waals surface area (Å²) in [6.07, 6.45) is 0. The topological polar surface area (TPSA) is 70.0 Å². The Hall–Kier alpha value is -2.45. The van der Waals surface area contributed by atoms with Crippen LogP contribution in [0.4, 0.5) is 5.69 Å². The molecule has 2 aromatic carbocycles. The normalized spacial score (nSPS) is 11.4. The SMILES string of the molecule is Cc1cccc(S(=O)CC(=O)Nc2cccc(C#N)c2)c1. The molecular formula is C16H14N2O2S. The van der Waals surface area contributed by atoms with Crippen molar-refractivity contribution in [2.45, 2.75) is 11.8 Å². The van der Waals surface area contributed by atoms with Crippen molar-refractivity contribution in [2.75, 3.05) is 11.1 Å². The summed E-state index contributed by atoms with van der Waals surface area (Å²) in [5.41, 5.74) is 2.00. The fraction of sp³-hybridized carbons (Fsp3) is 0.125. The van der Waals surface area contributed by atoms with Gasteiger partial charge in [0.05, 0.1) is 22.4 Å². The van der Waals surface area contributed by atoms with Crippen LogP contribution in [0, 0.1) is 18.3 Å². The smallest absolute Gasteiger partial charge is 0.237 e. The highest BCUT2D eigenvalue weighted by Gasteiger charge is 2.10. The van der Waals surface area contributed by atoms with Crippen LogP contribution in [0.1, 0.15) is 11.1 Å². The van der Waals surface area contributed by atoms with Crippen LogP contribution in [0.25, 0.3) is 0 Å². The van der Waals surface area contributed by atoms with Crippen LogP contribution < -0.4 is 5.32 Å². The molecule has 0 aliphatic rings. The monoisotopic (exact) mass is 298 g/mol. The molecule has 2 aromatic rings. The number of nitrogens with one attached hydrogen (secondary N) is 1. The van der Waals surface area contributed by atoms with E-state index in [1.807, 2.05) is 25.1 Å². The van der Waals surface area contributed by atoms with Gasteiger partial charge in [-0.05, 0) is 42.8 Å². The summed E-state index contributed by atoms with van der Waals surface area (Å²) >= 11 is 0. The van der Waals surface area contributed by atoms with Crippen molar-refractivity contribution in [1.82, 2.24) is 0 Å². The molecule has 0 saturated heterocycles. The third-order valence-corrected chi connectivity index (χ3v) is 4.09. The van der Waals surface area contributed by atoms with E-state index < -0.39 is 10.8 Å². The summed E-state index contributed by atoms with van der Waals surface area (Å²) in [6, 6.07) is 15.9. The fourth-order valence-corrected chi connectivity index (χ4v) is 2.85. The minimum Gasteiger partial charge on any atom is -0.325 e. The number of amides is 1. The number of benzene rings is 2. The van der Waals surface area contributed by atoms with E-state index in [2.05, 4.69) is 5.32 Å². The quantitative estimate of drug-likeness (QED) is 0.943. The summed E-state index contributed by atoms with van der Waals surface area (Å²) < 4.78 is 12.1. The van der Waals surface area contributed by atoms with Gasteiger partial charge in [0.25, 0.3) is 0 Å². The average molecular weight is 298 g/mol. The molecule has 0 bridgehead atoms. The van der Waals surface area contributed by atoms with Crippen LogP contribution in [-0.2, 0) is 15.6 Å². The molecule has 0 radical (unpaired) electrons. The first-order valence-corrected chi connectivity index (χ1v) is 7.65. The van der Waals surface area contributed by atoms with E-state index in [4.69, 9.17) is 5.26 Å². The standard InChI is InChI=1S/C16H14N2O2S/c1-12-4-2-7-15(8-12)21(20)11-16(19)18-14-6-3-5-13(9-14)10-17/h2-9H,11H2,1H3,(H,18,19). The molecule has 2 rings (SSSR count). The first kappa shape index (κ1) is 14.9. The Balaban J connectivity index is 2.01. The molecule has 1 unspecified atom stereocenters. The van der Waals surface area contributed by atoms with Gasteiger partial charge in [-0.15, -0.1) is 0 Å². The minimum atomic E-state index is -1.38. The van der Waals surface area contributed by atoms with Gasteiger partial charge < -0.3 is 5.32 Å². The zero-order valence-corrected chi connectivity index (χ0v) is 12.3. The average Bonchev–Trinajstić information content (AvgIpc) is 2.47. The summed E-state index contributed by atoms with van der Waals surface area (Å²) in [5, 5.41) is 11.5. The molecule has 1 N–H and O–H groups in total. The summed E-state index contributed by atoms with van der Waals surface area (Å²) in [6.45, 7) is 1.91. The van der Waals surface area contributed by atoms with Crippen molar-refractivity contribution < 1.29 is 9.00 Å². The summed E-state index contributed by atoms with van der Waals surface area (Å²) in [5.74, 6) is -0.454. The van der Waals surface area contributed by atoms with Crippen molar-refractivity contribution in [3.63, 3.8) is 0 Å². The number of rotatable bonds is 4. The summed E-state index contributed by atoms with van der Waals surface area (Å²) in [7, 11) is -1.38. The zero-order chi connectivity index (χ0) is 15.2. The lowest BCUT2D eigenvalue weighted by molar-refractivity contribution is -0.113. The second kappa shape index (κ2) is 6.82. The van der Waals surface area contributed by atoms with E-state index in [0.29, 0.717) is 16.1 Å². The van der Waals surface area contributed by atoms with Gasteiger partial charge >= 0.3 is 0 Å². The number of aryl methyl sites for hydroxylation is 1. The first-order chi connectivity index (χ1) is 10.1. The molecule has 0 heterocycles. The van der Waals surface area contributed by atoms with Gasteiger partial charge in [-0.1, -0.05) is 18.2 Å². The van der Waals surface area contributed by atoms with Gasteiger partial charge in [-0.3, -0.25) is 9.00 Å². The number of hydrogen-bond acceptors (Lipinski definition) is 3. The van der Waals surface area contributed by atoms with Gasteiger partial charge in [-0.25, -0.2) is 0 Å². The maximum atomic E-state index is 12.1. The second-order valence-corrected chi connectivity index (χ2v) is 6.00. The molecule has 0 aromatic heterocycles. The van der Waals surface area contributed by atoms with E-state index >= 15 is 0 Å². The maximum Gasteiger partial charge on any atom is 0.237 e. The molecule has 0 spiro atoms. The Morgan fingerprint density at radius 3 is 2.71 bits per heavy atom. The van der Waals surface area contributed by atoms with Gasteiger partial charge in [0.2, 0.25) is 5.91 Å². The molecule has 0 aliphatic carbocycles. The van der Waals surface area contributed by atoms with Crippen molar-refractivity contribution in [1.29, 1.82) is 5.26 Å². The molecule has 1 atom stereocenters. The van der Waals surface area contributed by atoms with Gasteiger partial charge in [0.1, 0.15) is 5.75 Å². The maximum absolute atomic E-state index is 12.1. The highest BCUT2D eigenvalue weighted by molar-refractivity contribution is 7.85. The van der Waals surface area contributed by atoms with Crippen LogP contribution >= 0.6 is 0 Å². The Labute approximate surface area is 125 Å². The van der Waals surface area contributed by atoms with Crippen LogP contribution in [0.15, 0.2) is 53.4 Å². The molecule has 0 aliphatic heterocycles. The largest absolute Gasteiger partial charge is 0.325 e. The molecule has 1 amide bonds. The van der Waals surface area contributed by atoms with E-state index in [1.54, 1.807) is 36.4 Å². The Morgan fingerprint density at radius 1 is 1.24 bits per heavy atom. The third kappa shape index (κ3) is 4.26. The Morgan fingerprint density at radius 2 is 2.00 bits per heavy atom. The van der Waals surface area contributed by atoms with Crippen molar-refractivity contribution in [2.24, 2.45) is 0 Å². The highest BCUT2D eigenvalue weighted by atomic mass is 32.2. The van der Waals surface area contributed by atoms with Crippen LogP contribution in [0.2, 0.25) is 0 Å². The lowest BCUT2D eigenvalue weighted by Crippen LogP contribution is -2.19. The van der Waals surface area contributed by atoms with E-state index in [0.717, 1.165) is 5.56 Å². The van der Waals surface area contributed by atoms with Gasteiger partial charge in [0.15, 0.2) is 0 Å². The van der Waals surface area contributed by atoms with Gasteiger partial charge in [0, 0.05) is 10.6 Å². The Kier molecular flexibility index (Phi) is 4.85. The van der Waals surface area contributed by atoms with Crippen molar-refractivity contribution in [3.8, 4) is 6.07 Å². The van der Waals surface area contributed by atoms with E-state index in [1.165, 1.54) is 0 Å². The Bertz CT molecular complexity index is 735. The third-order valence-electron chi connectivity index (χ3n) is 2.79. The summed E-state index contributed by atoms with van der Waals surface area (Å²) in [4.78, 5) is 12.5. The highest BCUT2D eigenvalue weighted by Crippen LogP contribution is 2.12. The lowest BCUT2D eigenvalue weighted by Gasteiger charge is -2.06.